The quantitative estimate of drug-likeness (QED) is 0.221. The van der Waals surface area contributed by atoms with E-state index in [2.05, 4.69) is 5.32 Å². The van der Waals surface area contributed by atoms with Gasteiger partial charge in [0.1, 0.15) is 17.9 Å². The summed E-state index contributed by atoms with van der Waals surface area (Å²) in [7, 11) is 0. The molecule has 0 saturated carbocycles. The molecule has 0 bridgehead atoms. The Bertz CT molecular complexity index is 1180. The third-order valence-corrected chi connectivity index (χ3v) is 5.72. The van der Waals surface area contributed by atoms with Gasteiger partial charge in [0, 0.05) is 30.0 Å². The molecule has 0 spiro atoms. The van der Waals surface area contributed by atoms with E-state index in [4.69, 9.17) is 13.9 Å². The predicted molar refractivity (Wildman–Crippen MR) is 123 cm³/mol. The zero-order valence-electron chi connectivity index (χ0n) is 18.4. The number of unbranched alkanes of at least 4 members (excludes halogenated alkanes) is 2. The van der Waals surface area contributed by atoms with E-state index in [9.17, 15) is 14.4 Å². The smallest absolute Gasteiger partial charge is 0.407 e. The minimum Gasteiger partial charge on any atom is -0.445 e. The number of nitrogens with one attached hydrogen (secondary N) is 1. The first kappa shape index (κ1) is 22.6. The van der Waals surface area contributed by atoms with E-state index in [1.807, 2.05) is 36.4 Å². The van der Waals surface area contributed by atoms with Crippen LogP contribution in [-0.2, 0) is 29.0 Å². The molecule has 3 aromatic rings. The Kier molecular flexibility index (Phi) is 7.40. The van der Waals surface area contributed by atoms with Gasteiger partial charge in [0.05, 0.1) is 0 Å². The van der Waals surface area contributed by atoms with Crippen molar-refractivity contribution in [3.05, 3.63) is 75.6 Å². The first-order valence-corrected chi connectivity index (χ1v) is 11.3. The zero-order valence-corrected chi connectivity index (χ0v) is 18.4. The second-order valence-electron chi connectivity index (χ2n) is 8.13. The van der Waals surface area contributed by atoms with Crippen molar-refractivity contribution in [2.24, 2.45) is 0 Å². The van der Waals surface area contributed by atoms with Crippen LogP contribution >= 0.6 is 0 Å². The molecule has 1 N–H and O–H groups in total. The minimum absolute atomic E-state index is 0.235. The molecule has 0 atom stereocenters. The van der Waals surface area contributed by atoms with E-state index in [-0.39, 0.29) is 24.6 Å². The molecule has 0 saturated heterocycles. The van der Waals surface area contributed by atoms with Gasteiger partial charge in [-0.3, -0.25) is 4.79 Å². The van der Waals surface area contributed by atoms with Gasteiger partial charge in [-0.1, -0.05) is 36.8 Å². The maximum atomic E-state index is 12.2. The molecule has 2 aromatic carbocycles. The molecule has 1 aliphatic carbocycles. The third-order valence-electron chi connectivity index (χ3n) is 5.72. The number of esters is 1. The average Bonchev–Trinajstić information content (AvgIpc) is 3.31. The number of ether oxygens (including phenoxy) is 2. The Hall–Kier alpha value is -3.61. The molecule has 1 aromatic heterocycles. The summed E-state index contributed by atoms with van der Waals surface area (Å²) in [5, 5.41) is 3.62. The maximum absolute atomic E-state index is 12.2. The number of rotatable bonds is 9. The second-order valence-corrected chi connectivity index (χ2v) is 8.13. The Morgan fingerprint density at radius 1 is 0.970 bits per heavy atom. The Balaban J connectivity index is 1.14. The standard InChI is InChI=1S/C26H27NO6/c28-24(12-5-2-6-15-27-26(30)31-17-18-8-3-1-4-9-18)32-19-13-14-21-20-10-7-11-22(20)25(29)33-23(21)16-19/h1,3-4,8-9,13-14,16H,2,5-7,10-12,15,17H2,(H,27,30). The van der Waals surface area contributed by atoms with Gasteiger partial charge in [-0.05, 0) is 55.4 Å². The summed E-state index contributed by atoms with van der Waals surface area (Å²) in [4.78, 5) is 36.0. The fourth-order valence-corrected chi connectivity index (χ4v) is 4.05. The van der Waals surface area contributed by atoms with Crippen LogP contribution in [0.5, 0.6) is 5.75 Å². The van der Waals surface area contributed by atoms with Gasteiger partial charge in [-0.15, -0.1) is 0 Å². The monoisotopic (exact) mass is 449 g/mol. The van der Waals surface area contributed by atoms with Crippen LogP contribution in [0.4, 0.5) is 4.79 Å². The summed E-state index contributed by atoms with van der Waals surface area (Å²) < 4.78 is 16.0. The first-order valence-electron chi connectivity index (χ1n) is 11.3. The fourth-order valence-electron chi connectivity index (χ4n) is 4.05. The van der Waals surface area contributed by atoms with E-state index in [0.717, 1.165) is 54.2 Å². The van der Waals surface area contributed by atoms with E-state index in [1.165, 1.54) is 0 Å². The molecule has 0 aliphatic heterocycles. The summed E-state index contributed by atoms with van der Waals surface area (Å²) in [6.45, 7) is 0.718. The number of hydrogen-bond acceptors (Lipinski definition) is 6. The van der Waals surface area contributed by atoms with Crippen LogP contribution in [0.15, 0.2) is 57.7 Å². The largest absolute Gasteiger partial charge is 0.445 e. The molecule has 4 rings (SSSR count). The molecule has 1 aliphatic rings. The van der Waals surface area contributed by atoms with E-state index in [0.29, 0.717) is 24.3 Å². The lowest BCUT2D eigenvalue weighted by atomic mass is 10.1. The number of amides is 1. The summed E-state index contributed by atoms with van der Waals surface area (Å²) in [6, 6.07) is 14.7. The Morgan fingerprint density at radius 2 is 1.79 bits per heavy atom. The van der Waals surface area contributed by atoms with Crippen LogP contribution in [0.3, 0.4) is 0 Å². The van der Waals surface area contributed by atoms with Crippen molar-refractivity contribution in [2.75, 3.05) is 6.54 Å². The molecule has 7 nitrogen and oxygen atoms in total. The predicted octanol–water partition coefficient (Wildman–Crippen LogP) is 4.67. The van der Waals surface area contributed by atoms with Crippen molar-refractivity contribution < 1.29 is 23.5 Å². The lowest BCUT2D eigenvalue weighted by molar-refractivity contribution is -0.134. The van der Waals surface area contributed by atoms with Gasteiger partial charge in [0.2, 0.25) is 0 Å². The highest BCUT2D eigenvalue weighted by atomic mass is 16.5. The van der Waals surface area contributed by atoms with Crippen LogP contribution in [0.1, 0.15) is 48.8 Å². The van der Waals surface area contributed by atoms with Gasteiger partial charge in [0.25, 0.3) is 0 Å². The van der Waals surface area contributed by atoms with Crippen LogP contribution in [-0.4, -0.2) is 18.6 Å². The average molecular weight is 450 g/mol. The molecule has 33 heavy (non-hydrogen) atoms. The van der Waals surface area contributed by atoms with Crippen LogP contribution < -0.4 is 15.7 Å². The van der Waals surface area contributed by atoms with Gasteiger partial charge in [0.15, 0.2) is 0 Å². The van der Waals surface area contributed by atoms with Crippen molar-refractivity contribution in [1.29, 1.82) is 0 Å². The summed E-state index contributed by atoms with van der Waals surface area (Å²) >= 11 is 0. The molecular formula is C26H27NO6. The van der Waals surface area contributed by atoms with Crippen molar-refractivity contribution in [1.82, 2.24) is 5.32 Å². The molecule has 0 fully saturated rings. The number of alkyl carbamates (subject to hydrolysis) is 1. The third kappa shape index (κ3) is 6.00. The molecular weight excluding hydrogens is 422 g/mol. The number of carbonyl (C=O) groups is 2. The Labute approximate surface area is 191 Å². The highest BCUT2D eigenvalue weighted by molar-refractivity contribution is 5.84. The van der Waals surface area contributed by atoms with Gasteiger partial charge in [-0.2, -0.15) is 0 Å². The first-order chi connectivity index (χ1) is 16.1. The maximum Gasteiger partial charge on any atom is 0.407 e. The van der Waals surface area contributed by atoms with Crippen LogP contribution in [0.2, 0.25) is 0 Å². The zero-order chi connectivity index (χ0) is 23.0. The van der Waals surface area contributed by atoms with Crippen molar-refractivity contribution in [2.45, 2.75) is 51.6 Å². The lowest BCUT2D eigenvalue weighted by Gasteiger charge is -2.08. The molecule has 7 heteroatoms. The summed E-state index contributed by atoms with van der Waals surface area (Å²) in [6.07, 6.45) is 4.56. The molecule has 1 heterocycles. The second kappa shape index (κ2) is 10.8. The highest BCUT2D eigenvalue weighted by Gasteiger charge is 2.20. The van der Waals surface area contributed by atoms with Crippen molar-refractivity contribution in [3.63, 3.8) is 0 Å². The normalized spacial score (nSPS) is 12.4. The molecule has 0 radical (unpaired) electrons. The van der Waals surface area contributed by atoms with Gasteiger partial charge < -0.3 is 19.2 Å². The number of carbonyl (C=O) groups excluding carboxylic acids is 2. The highest BCUT2D eigenvalue weighted by Crippen LogP contribution is 2.29. The summed E-state index contributed by atoms with van der Waals surface area (Å²) in [5.41, 5.74) is 2.92. The molecule has 172 valence electrons. The topological polar surface area (TPSA) is 94.8 Å². The number of fused-ring (bicyclic) bond motifs is 3. The van der Waals surface area contributed by atoms with E-state index >= 15 is 0 Å². The van der Waals surface area contributed by atoms with Gasteiger partial charge in [-0.25, -0.2) is 9.59 Å². The molecule has 1 amide bonds. The van der Waals surface area contributed by atoms with Crippen molar-refractivity contribution in [3.8, 4) is 5.75 Å². The number of aryl methyl sites for hydroxylation is 1. The van der Waals surface area contributed by atoms with Gasteiger partial charge >= 0.3 is 17.7 Å². The fraction of sp³-hybridized carbons (Fsp3) is 0.346. The van der Waals surface area contributed by atoms with Crippen LogP contribution in [0.25, 0.3) is 11.0 Å². The van der Waals surface area contributed by atoms with E-state index < -0.39 is 6.09 Å². The Morgan fingerprint density at radius 3 is 2.64 bits per heavy atom. The van der Waals surface area contributed by atoms with Crippen molar-refractivity contribution >= 4 is 23.0 Å². The summed E-state index contributed by atoms with van der Waals surface area (Å²) in [5.74, 6) is 0.0320. The number of hydrogen-bond donors (Lipinski definition) is 1. The lowest BCUT2D eigenvalue weighted by Crippen LogP contribution is -2.25. The number of benzene rings is 2. The minimum atomic E-state index is -0.452. The van der Waals surface area contributed by atoms with Crippen LogP contribution in [0, 0.1) is 0 Å². The van der Waals surface area contributed by atoms with E-state index in [1.54, 1.807) is 12.1 Å². The molecule has 0 unspecified atom stereocenters. The SMILES string of the molecule is O=C(CCCCCNC(=O)OCc1ccccc1)Oc1ccc2c3c(c(=O)oc2c1)CCC3.